The Hall–Kier alpha value is -2.74. The molecule has 7 nitrogen and oxygen atoms in total. The lowest BCUT2D eigenvalue weighted by molar-refractivity contribution is 0.133. The van der Waals surface area contributed by atoms with Gasteiger partial charge in [0, 0.05) is 7.05 Å². The van der Waals surface area contributed by atoms with Gasteiger partial charge in [-0.3, -0.25) is 0 Å². The molecular formula is C18H21N5O2S. The van der Waals surface area contributed by atoms with E-state index in [-0.39, 0.29) is 0 Å². The van der Waals surface area contributed by atoms with Gasteiger partial charge in [-0.25, -0.2) is 4.68 Å². The quantitative estimate of drug-likeness (QED) is 0.466. The molecule has 0 bridgehead atoms. The average molecular weight is 371 g/mol. The third-order valence-corrected chi connectivity index (χ3v) is 4.61. The monoisotopic (exact) mass is 371 g/mol. The Balaban J connectivity index is 1.72. The summed E-state index contributed by atoms with van der Waals surface area (Å²) in [5.74, 6) is 1.37. The van der Waals surface area contributed by atoms with Gasteiger partial charge < -0.3 is 9.57 Å². The van der Waals surface area contributed by atoms with Crippen molar-refractivity contribution in [2.24, 2.45) is 12.2 Å². The molecule has 0 spiro atoms. The van der Waals surface area contributed by atoms with Crippen LogP contribution in [-0.2, 0) is 24.9 Å². The molecule has 8 heteroatoms. The molecule has 136 valence electrons. The molecule has 0 atom stereocenters. The molecule has 0 amide bonds. The van der Waals surface area contributed by atoms with Crippen molar-refractivity contribution in [1.82, 2.24) is 19.4 Å². The number of nitrogens with zero attached hydrogens (tertiary/aromatic N) is 5. The molecule has 3 aromatic rings. The zero-order valence-electron chi connectivity index (χ0n) is 15.3. The lowest BCUT2D eigenvalue weighted by Crippen LogP contribution is -1.97. The van der Waals surface area contributed by atoms with Crippen LogP contribution in [0.15, 0.2) is 29.4 Å². The third kappa shape index (κ3) is 4.08. The van der Waals surface area contributed by atoms with E-state index in [1.165, 1.54) is 17.1 Å². The zero-order valence-corrected chi connectivity index (χ0v) is 16.1. The zero-order chi connectivity index (χ0) is 18.5. The van der Waals surface area contributed by atoms with Gasteiger partial charge in [0.2, 0.25) is 5.88 Å². The maximum atomic E-state index is 5.99. The maximum absolute atomic E-state index is 5.99. The molecular weight excluding hydrogens is 350 g/mol. The van der Waals surface area contributed by atoms with Crippen molar-refractivity contribution in [2.45, 2.75) is 33.8 Å². The van der Waals surface area contributed by atoms with Gasteiger partial charge in [-0.15, -0.1) is 5.10 Å². The van der Waals surface area contributed by atoms with E-state index in [1.54, 1.807) is 10.9 Å². The molecule has 0 saturated heterocycles. The molecule has 3 rings (SSSR count). The summed E-state index contributed by atoms with van der Waals surface area (Å²) in [5.41, 5.74) is 3.73. The number of rotatable bonds is 7. The van der Waals surface area contributed by atoms with Gasteiger partial charge in [-0.05, 0) is 43.9 Å². The largest absolute Gasteiger partial charge is 0.439 e. The van der Waals surface area contributed by atoms with Crippen LogP contribution in [0.3, 0.4) is 0 Å². The van der Waals surface area contributed by atoms with Gasteiger partial charge in [0.1, 0.15) is 5.75 Å². The maximum Gasteiger partial charge on any atom is 0.226 e. The normalized spacial score (nSPS) is 11.2. The molecule has 1 aromatic carbocycles. The van der Waals surface area contributed by atoms with E-state index in [2.05, 4.69) is 19.8 Å². The second kappa shape index (κ2) is 8.09. The van der Waals surface area contributed by atoms with Crippen LogP contribution in [0.25, 0.3) is 0 Å². The minimum Gasteiger partial charge on any atom is -0.439 e. The third-order valence-electron chi connectivity index (χ3n) is 3.87. The van der Waals surface area contributed by atoms with E-state index in [9.17, 15) is 0 Å². The number of aryl methyl sites for hydroxylation is 4. The molecule has 26 heavy (non-hydrogen) atoms. The molecule has 0 fully saturated rings. The molecule has 2 heterocycles. The highest BCUT2D eigenvalue weighted by Gasteiger charge is 2.14. The lowest BCUT2D eigenvalue weighted by Gasteiger charge is -2.07. The summed E-state index contributed by atoms with van der Waals surface area (Å²) in [6.07, 6.45) is 2.46. The molecule has 0 aliphatic heterocycles. The Kier molecular flexibility index (Phi) is 5.62. The fraction of sp³-hybridized carbons (Fsp3) is 0.333. The summed E-state index contributed by atoms with van der Waals surface area (Å²) in [6, 6.07) is 7.87. The topological polar surface area (TPSA) is 74.4 Å². The van der Waals surface area contributed by atoms with Gasteiger partial charge in [-0.1, -0.05) is 34.3 Å². The molecule has 2 aromatic heterocycles. The first-order chi connectivity index (χ1) is 12.6. The summed E-state index contributed by atoms with van der Waals surface area (Å²) < 4.78 is 11.6. The molecule has 0 N–H and O–H groups in total. The van der Waals surface area contributed by atoms with E-state index in [0.717, 1.165) is 34.0 Å². The first-order valence-corrected chi connectivity index (χ1v) is 9.09. The van der Waals surface area contributed by atoms with Gasteiger partial charge in [0.25, 0.3) is 0 Å². The van der Waals surface area contributed by atoms with Crippen molar-refractivity contribution in [3.05, 3.63) is 51.7 Å². The fourth-order valence-electron chi connectivity index (χ4n) is 2.43. The second-order valence-electron chi connectivity index (χ2n) is 5.85. The highest BCUT2D eigenvalue weighted by atomic mass is 32.1. The smallest absolute Gasteiger partial charge is 0.226 e. The van der Waals surface area contributed by atoms with Crippen molar-refractivity contribution in [1.29, 1.82) is 0 Å². The summed E-state index contributed by atoms with van der Waals surface area (Å²) >= 11 is 1.33. The number of ether oxygens (including phenoxy) is 1. The van der Waals surface area contributed by atoms with E-state index in [1.807, 2.05) is 52.1 Å². The summed E-state index contributed by atoms with van der Waals surface area (Å²) in [6.45, 7) is 6.34. The van der Waals surface area contributed by atoms with Gasteiger partial charge in [-0.2, -0.15) is 5.10 Å². The number of benzene rings is 1. The van der Waals surface area contributed by atoms with Gasteiger partial charge in [0.05, 0.1) is 28.0 Å². The van der Waals surface area contributed by atoms with Crippen LogP contribution in [-0.4, -0.2) is 25.6 Å². The predicted molar refractivity (Wildman–Crippen MR) is 101 cm³/mol. The van der Waals surface area contributed by atoms with Crippen molar-refractivity contribution in [3.63, 3.8) is 0 Å². The summed E-state index contributed by atoms with van der Waals surface area (Å²) in [7, 11) is 1.84. The van der Waals surface area contributed by atoms with E-state index >= 15 is 0 Å². The number of hydrogen-bond donors (Lipinski definition) is 0. The van der Waals surface area contributed by atoms with Crippen LogP contribution < -0.4 is 4.74 Å². The highest BCUT2D eigenvalue weighted by molar-refractivity contribution is 7.05. The summed E-state index contributed by atoms with van der Waals surface area (Å²) in [5, 5.41) is 12.5. The minimum absolute atomic E-state index is 0.352. The van der Waals surface area contributed by atoms with Crippen LogP contribution in [0, 0.1) is 13.8 Å². The van der Waals surface area contributed by atoms with Crippen molar-refractivity contribution in [2.75, 3.05) is 0 Å². The minimum atomic E-state index is 0.352. The van der Waals surface area contributed by atoms with Crippen LogP contribution in [0.2, 0.25) is 0 Å². The van der Waals surface area contributed by atoms with Crippen LogP contribution in [0.4, 0.5) is 0 Å². The lowest BCUT2D eigenvalue weighted by atomic mass is 10.2. The number of aromatic nitrogens is 4. The van der Waals surface area contributed by atoms with E-state index in [4.69, 9.17) is 9.57 Å². The average Bonchev–Trinajstić information content (AvgIpc) is 3.18. The first-order valence-electron chi connectivity index (χ1n) is 8.32. The van der Waals surface area contributed by atoms with Crippen LogP contribution in [0.1, 0.15) is 34.3 Å². The highest BCUT2D eigenvalue weighted by Crippen LogP contribution is 2.26. The Labute approximate surface area is 156 Å². The first kappa shape index (κ1) is 18.1. The van der Waals surface area contributed by atoms with Crippen LogP contribution in [0.5, 0.6) is 11.6 Å². The Morgan fingerprint density at radius 1 is 1.23 bits per heavy atom. The van der Waals surface area contributed by atoms with E-state index < -0.39 is 0 Å². The van der Waals surface area contributed by atoms with Crippen molar-refractivity contribution in [3.8, 4) is 11.6 Å². The Morgan fingerprint density at radius 3 is 2.73 bits per heavy atom. The molecule has 0 unspecified atom stereocenters. The number of oxime groups is 1. The SMILES string of the molecule is CCc1nnsc1CO/N=C/c1c(C)nn(C)c1Oc1ccc(C)cc1. The van der Waals surface area contributed by atoms with Crippen molar-refractivity contribution < 1.29 is 9.57 Å². The molecule has 0 aliphatic carbocycles. The van der Waals surface area contributed by atoms with Gasteiger partial charge >= 0.3 is 0 Å². The van der Waals surface area contributed by atoms with Crippen molar-refractivity contribution >= 4 is 17.7 Å². The van der Waals surface area contributed by atoms with Crippen LogP contribution >= 0.6 is 11.5 Å². The fourth-order valence-corrected chi connectivity index (χ4v) is 3.07. The standard InChI is InChI=1S/C18H21N5O2S/c1-5-16-17(26-22-20-16)11-24-19-10-15-13(3)21-23(4)18(15)25-14-8-6-12(2)7-9-14/h6-10H,5,11H2,1-4H3/b19-10+. The molecule has 0 saturated carbocycles. The molecule has 0 aliphatic rings. The van der Waals surface area contributed by atoms with Gasteiger partial charge in [0.15, 0.2) is 6.61 Å². The summed E-state index contributed by atoms with van der Waals surface area (Å²) in [4.78, 5) is 6.41. The second-order valence-corrected chi connectivity index (χ2v) is 6.69. The predicted octanol–water partition coefficient (Wildman–Crippen LogP) is 3.79. The number of hydrogen-bond acceptors (Lipinski definition) is 7. The van der Waals surface area contributed by atoms with E-state index in [0.29, 0.717) is 12.5 Å². The Bertz CT molecular complexity index is 899. The Morgan fingerprint density at radius 2 is 2.00 bits per heavy atom. The molecule has 0 radical (unpaired) electrons.